The molecule has 2 aromatic carbocycles. The van der Waals surface area contributed by atoms with Gasteiger partial charge in [-0.05, 0) is 40.7 Å². The number of nitrogens with two attached hydrogens (primary N) is 6. The maximum atomic E-state index is 6.39. The average molecular weight is 326 g/mol. The fourth-order valence-corrected chi connectivity index (χ4v) is 4.30. The van der Waals surface area contributed by atoms with Gasteiger partial charge in [-0.15, -0.1) is 0 Å². The number of nitrogen functional groups attached to an aromatic ring is 6. The lowest BCUT2D eigenvalue weighted by atomic mass is 9.73. The van der Waals surface area contributed by atoms with Crippen molar-refractivity contribution in [3.63, 3.8) is 0 Å². The van der Waals surface area contributed by atoms with Crippen molar-refractivity contribution in [2.24, 2.45) is 0 Å². The second-order valence-corrected chi connectivity index (χ2v) is 7.64. The van der Waals surface area contributed by atoms with E-state index in [9.17, 15) is 0 Å². The monoisotopic (exact) mass is 326 g/mol. The van der Waals surface area contributed by atoms with E-state index in [1.165, 1.54) is 0 Å². The van der Waals surface area contributed by atoms with Crippen molar-refractivity contribution in [1.29, 1.82) is 0 Å². The number of fused-ring (bicyclic) bond motifs is 1. The third-order valence-corrected chi connectivity index (χ3v) is 5.43. The third kappa shape index (κ3) is 1.89. The topological polar surface area (TPSA) is 156 Å². The van der Waals surface area contributed by atoms with Gasteiger partial charge in [-0.25, -0.2) is 0 Å². The smallest absolute Gasteiger partial charge is 0.0784 e. The molecule has 0 fully saturated rings. The molecule has 0 saturated heterocycles. The summed E-state index contributed by atoms with van der Waals surface area (Å²) in [4.78, 5) is 0. The molecule has 0 spiro atoms. The lowest BCUT2D eigenvalue weighted by Crippen LogP contribution is -2.26. The Labute approximate surface area is 142 Å². The first-order valence-corrected chi connectivity index (χ1v) is 7.93. The molecule has 1 aliphatic carbocycles. The van der Waals surface area contributed by atoms with Crippen LogP contribution in [0, 0.1) is 0 Å². The molecular formula is C18H26N6. The van der Waals surface area contributed by atoms with Gasteiger partial charge in [0.1, 0.15) is 0 Å². The zero-order chi connectivity index (χ0) is 18.0. The van der Waals surface area contributed by atoms with Crippen molar-refractivity contribution >= 4 is 34.1 Å². The van der Waals surface area contributed by atoms with E-state index >= 15 is 0 Å². The summed E-state index contributed by atoms with van der Waals surface area (Å²) in [7, 11) is 0. The van der Waals surface area contributed by atoms with Gasteiger partial charge in [0.15, 0.2) is 0 Å². The van der Waals surface area contributed by atoms with Gasteiger partial charge in [0, 0.05) is 5.41 Å². The first-order valence-electron chi connectivity index (χ1n) is 7.93. The predicted molar refractivity (Wildman–Crippen MR) is 103 cm³/mol. The standard InChI is InChI=1S/C18H26N6/c1-17(2)7-18(3,8-4-5-10(19)14(22)13(8)21)12-9(17)6-11(20)15(23)16(12)24/h4-6H,7,19-24H2,1-3H3. The van der Waals surface area contributed by atoms with Crippen LogP contribution >= 0.6 is 0 Å². The van der Waals surface area contributed by atoms with E-state index in [0.29, 0.717) is 34.1 Å². The van der Waals surface area contributed by atoms with Crippen LogP contribution in [0.1, 0.15) is 43.9 Å². The fourth-order valence-electron chi connectivity index (χ4n) is 4.30. The predicted octanol–water partition coefficient (Wildman–Crippen LogP) is 2.17. The molecule has 0 saturated carbocycles. The summed E-state index contributed by atoms with van der Waals surface area (Å²) in [5.74, 6) is 0. The second-order valence-electron chi connectivity index (χ2n) is 7.64. The number of benzene rings is 2. The molecule has 0 heterocycles. The van der Waals surface area contributed by atoms with Crippen molar-refractivity contribution in [2.45, 2.75) is 38.0 Å². The Balaban J connectivity index is 2.37. The largest absolute Gasteiger partial charge is 0.397 e. The van der Waals surface area contributed by atoms with Crippen LogP contribution in [0.2, 0.25) is 0 Å². The van der Waals surface area contributed by atoms with Gasteiger partial charge in [-0.1, -0.05) is 26.8 Å². The average Bonchev–Trinajstić information content (AvgIpc) is 2.69. The van der Waals surface area contributed by atoms with Crippen LogP contribution in [-0.4, -0.2) is 0 Å². The summed E-state index contributed by atoms with van der Waals surface area (Å²) in [5.41, 5.74) is 42.1. The number of hydrogen-bond donors (Lipinski definition) is 6. The van der Waals surface area contributed by atoms with Crippen LogP contribution in [-0.2, 0) is 10.8 Å². The molecule has 0 amide bonds. The molecule has 24 heavy (non-hydrogen) atoms. The Morgan fingerprint density at radius 2 is 1.29 bits per heavy atom. The van der Waals surface area contributed by atoms with Crippen molar-refractivity contribution in [1.82, 2.24) is 0 Å². The molecule has 12 N–H and O–H groups in total. The van der Waals surface area contributed by atoms with Gasteiger partial charge in [-0.3, -0.25) is 0 Å². The van der Waals surface area contributed by atoms with Gasteiger partial charge < -0.3 is 34.4 Å². The Kier molecular flexibility index (Phi) is 3.11. The fraction of sp³-hybridized carbons (Fsp3) is 0.333. The Morgan fingerprint density at radius 1 is 0.708 bits per heavy atom. The molecule has 2 aromatic rings. The van der Waals surface area contributed by atoms with Gasteiger partial charge in [0.05, 0.1) is 34.1 Å². The highest BCUT2D eigenvalue weighted by Gasteiger charge is 2.48. The zero-order valence-corrected chi connectivity index (χ0v) is 14.4. The minimum Gasteiger partial charge on any atom is -0.397 e. The summed E-state index contributed by atoms with van der Waals surface area (Å²) in [5, 5.41) is 0. The highest BCUT2D eigenvalue weighted by molar-refractivity contribution is 5.87. The molecular weight excluding hydrogens is 300 g/mol. The minimum atomic E-state index is -0.420. The lowest BCUT2D eigenvalue weighted by Gasteiger charge is -2.31. The van der Waals surface area contributed by atoms with E-state index in [-0.39, 0.29) is 5.41 Å². The summed E-state index contributed by atoms with van der Waals surface area (Å²) in [6, 6.07) is 5.65. The highest BCUT2D eigenvalue weighted by atomic mass is 14.8. The first-order chi connectivity index (χ1) is 11.0. The van der Waals surface area contributed by atoms with E-state index < -0.39 is 5.41 Å². The molecule has 0 aromatic heterocycles. The van der Waals surface area contributed by atoms with Crippen LogP contribution in [0.4, 0.5) is 34.1 Å². The third-order valence-electron chi connectivity index (χ3n) is 5.43. The highest BCUT2D eigenvalue weighted by Crippen LogP contribution is 2.58. The van der Waals surface area contributed by atoms with E-state index in [0.717, 1.165) is 23.1 Å². The maximum absolute atomic E-state index is 6.39. The summed E-state index contributed by atoms with van der Waals surface area (Å²) in [6.07, 6.45) is 0.815. The normalized spacial score (nSPS) is 21.6. The van der Waals surface area contributed by atoms with Gasteiger partial charge >= 0.3 is 0 Å². The molecule has 1 aliphatic rings. The van der Waals surface area contributed by atoms with E-state index in [1.54, 1.807) is 6.07 Å². The molecule has 0 aliphatic heterocycles. The SMILES string of the molecule is CC1(C)CC(C)(c2ccc(N)c(N)c2N)c2c1cc(N)c(N)c2N. The van der Waals surface area contributed by atoms with E-state index in [1.807, 2.05) is 12.1 Å². The Hall–Kier alpha value is -2.76. The summed E-state index contributed by atoms with van der Waals surface area (Å²) < 4.78 is 0. The van der Waals surface area contributed by atoms with Crippen LogP contribution < -0.4 is 34.4 Å². The molecule has 1 atom stereocenters. The number of rotatable bonds is 1. The van der Waals surface area contributed by atoms with Gasteiger partial charge in [0.2, 0.25) is 0 Å². The quantitative estimate of drug-likeness (QED) is 0.441. The minimum absolute atomic E-state index is 0.122. The molecule has 3 rings (SSSR count). The molecule has 0 bridgehead atoms. The van der Waals surface area contributed by atoms with Crippen molar-refractivity contribution in [3.8, 4) is 0 Å². The Morgan fingerprint density at radius 3 is 1.92 bits per heavy atom. The molecule has 128 valence electrons. The molecule has 1 unspecified atom stereocenters. The van der Waals surface area contributed by atoms with Gasteiger partial charge in [0.25, 0.3) is 0 Å². The molecule has 6 nitrogen and oxygen atoms in total. The second kappa shape index (κ2) is 4.63. The molecule has 6 heteroatoms. The number of anilines is 6. The van der Waals surface area contributed by atoms with Crippen LogP contribution in [0.5, 0.6) is 0 Å². The lowest BCUT2D eigenvalue weighted by molar-refractivity contribution is 0.426. The summed E-state index contributed by atoms with van der Waals surface area (Å²) >= 11 is 0. The van der Waals surface area contributed by atoms with Crippen molar-refractivity contribution < 1.29 is 0 Å². The van der Waals surface area contributed by atoms with Crippen LogP contribution in [0.15, 0.2) is 18.2 Å². The zero-order valence-electron chi connectivity index (χ0n) is 14.4. The maximum Gasteiger partial charge on any atom is 0.0784 e. The van der Waals surface area contributed by atoms with E-state index in [2.05, 4.69) is 20.8 Å². The molecule has 0 radical (unpaired) electrons. The number of hydrogen-bond acceptors (Lipinski definition) is 6. The first kappa shape index (κ1) is 16.1. The Bertz CT molecular complexity index is 855. The van der Waals surface area contributed by atoms with Gasteiger partial charge in [-0.2, -0.15) is 0 Å². The summed E-state index contributed by atoms with van der Waals surface area (Å²) in [6.45, 7) is 6.46. The van der Waals surface area contributed by atoms with Crippen molar-refractivity contribution in [2.75, 3.05) is 34.4 Å². The van der Waals surface area contributed by atoms with Crippen molar-refractivity contribution in [3.05, 3.63) is 34.9 Å². The van der Waals surface area contributed by atoms with E-state index in [4.69, 9.17) is 34.4 Å². The van der Waals surface area contributed by atoms with Crippen LogP contribution in [0.3, 0.4) is 0 Å². The van der Waals surface area contributed by atoms with Crippen LogP contribution in [0.25, 0.3) is 0 Å².